The normalized spacial score (nSPS) is 18.6. The van der Waals surface area contributed by atoms with Gasteiger partial charge in [-0.15, -0.1) is 0 Å². The lowest BCUT2D eigenvalue weighted by atomic mass is 10.1. The zero-order valence-corrected chi connectivity index (χ0v) is 19.2. The van der Waals surface area contributed by atoms with Gasteiger partial charge in [0.25, 0.3) is 0 Å². The molecule has 3 heterocycles. The maximum Gasteiger partial charge on any atom is 0.244 e. The van der Waals surface area contributed by atoms with Crippen molar-refractivity contribution in [2.75, 3.05) is 49.1 Å². The monoisotopic (exact) mass is 469 g/mol. The lowest BCUT2D eigenvalue weighted by Crippen LogP contribution is -2.49. The highest BCUT2D eigenvalue weighted by molar-refractivity contribution is 7.89. The second-order valence-corrected chi connectivity index (χ2v) is 10.4. The Labute approximate surface area is 187 Å². The number of hydrogen-bond acceptors (Lipinski definition) is 6. The van der Waals surface area contributed by atoms with Crippen LogP contribution in [-0.2, 0) is 10.0 Å². The van der Waals surface area contributed by atoms with Crippen LogP contribution in [0.4, 0.5) is 11.8 Å². The van der Waals surface area contributed by atoms with Gasteiger partial charge in [0, 0.05) is 56.1 Å². The fourth-order valence-corrected chi connectivity index (χ4v) is 6.06. The van der Waals surface area contributed by atoms with Crippen molar-refractivity contribution in [1.82, 2.24) is 14.3 Å². The molecule has 7 nitrogen and oxygen atoms in total. The minimum atomic E-state index is -3.71. The van der Waals surface area contributed by atoms with E-state index in [1.807, 2.05) is 17.9 Å². The molecular weight excluding hydrogens is 445 g/mol. The predicted molar refractivity (Wildman–Crippen MR) is 120 cm³/mol. The lowest BCUT2D eigenvalue weighted by molar-refractivity contribution is 0.382. The van der Waals surface area contributed by atoms with E-state index in [0.29, 0.717) is 37.1 Å². The molecule has 0 unspecified atom stereocenters. The van der Waals surface area contributed by atoms with E-state index in [9.17, 15) is 8.42 Å². The van der Waals surface area contributed by atoms with Crippen LogP contribution in [0.5, 0.6) is 0 Å². The summed E-state index contributed by atoms with van der Waals surface area (Å²) in [6.45, 7) is 5.70. The average Bonchev–Trinajstić information content (AvgIpc) is 2.75. The van der Waals surface area contributed by atoms with Gasteiger partial charge in [0.15, 0.2) is 0 Å². The first-order valence-corrected chi connectivity index (χ1v) is 12.3. The highest BCUT2D eigenvalue weighted by Gasteiger charge is 2.31. The third kappa shape index (κ3) is 4.51. The van der Waals surface area contributed by atoms with Crippen LogP contribution in [0, 0.1) is 6.92 Å². The maximum atomic E-state index is 13.0. The number of aromatic nitrogens is 2. The molecule has 0 bridgehead atoms. The highest BCUT2D eigenvalue weighted by Crippen LogP contribution is 2.29. The number of hydrogen-bond donors (Lipinski definition) is 0. The van der Waals surface area contributed by atoms with Crippen LogP contribution in [0.25, 0.3) is 0 Å². The molecule has 0 aliphatic carbocycles. The summed E-state index contributed by atoms with van der Waals surface area (Å²) >= 11 is 12.1. The number of nitrogens with zero attached hydrogens (tertiary/aromatic N) is 5. The SMILES string of the molecule is Cc1cc(N2CCCCC2)nc(N2CCN(S(=O)(=O)c3cc(Cl)ccc3Cl)CC2)n1. The molecule has 2 fully saturated rings. The number of anilines is 2. The number of halogens is 2. The fourth-order valence-electron chi connectivity index (χ4n) is 3.91. The van der Waals surface area contributed by atoms with Gasteiger partial charge in [0.1, 0.15) is 10.7 Å². The van der Waals surface area contributed by atoms with Gasteiger partial charge in [-0.3, -0.25) is 0 Å². The molecule has 2 saturated heterocycles. The molecule has 0 N–H and O–H groups in total. The molecule has 0 radical (unpaired) electrons. The van der Waals surface area contributed by atoms with Crippen LogP contribution in [0.15, 0.2) is 29.2 Å². The Balaban J connectivity index is 1.49. The minimum Gasteiger partial charge on any atom is -0.356 e. The number of piperidine rings is 1. The van der Waals surface area contributed by atoms with E-state index in [4.69, 9.17) is 28.2 Å². The van der Waals surface area contributed by atoms with Crippen molar-refractivity contribution < 1.29 is 8.42 Å². The summed E-state index contributed by atoms with van der Waals surface area (Å²) in [7, 11) is -3.71. The zero-order chi connectivity index (χ0) is 21.3. The Bertz CT molecular complexity index is 1020. The zero-order valence-electron chi connectivity index (χ0n) is 16.9. The van der Waals surface area contributed by atoms with Crippen molar-refractivity contribution in [1.29, 1.82) is 0 Å². The first-order chi connectivity index (χ1) is 14.3. The Morgan fingerprint density at radius 2 is 1.57 bits per heavy atom. The molecule has 0 saturated carbocycles. The standard InChI is InChI=1S/C20H25Cl2N5O2S/c1-15-13-19(25-7-3-2-4-8-25)24-20(23-15)26-9-11-27(12-10-26)30(28,29)18-14-16(21)5-6-17(18)22/h5-6,13-14H,2-4,7-12H2,1H3. The summed E-state index contributed by atoms with van der Waals surface area (Å²) < 4.78 is 27.5. The quantitative estimate of drug-likeness (QED) is 0.681. The number of aryl methyl sites for hydroxylation is 1. The summed E-state index contributed by atoms with van der Waals surface area (Å²) in [5.74, 6) is 1.62. The summed E-state index contributed by atoms with van der Waals surface area (Å²) in [5, 5.41) is 0.519. The average molecular weight is 470 g/mol. The van der Waals surface area contributed by atoms with Crippen molar-refractivity contribution in [3.8, 4) is 0 Å². The van der Waals surface area contributed by atoms with E-state index in [1.165, 1.54) is 35.7 Å². The van der Waals surface area contributed by atoms with E-state index in [0.717, 1.165) is 24.6 Å². The number of rotatable bonds is 4. The molecule has 30 heavy (non-hydrogen) atoms. The number of piperazine rings is 1. The van der Waals surface area contributed by atoms with Crippen molar-refractivity contribution in [3.05, 3.63) is 40.0 Å². The van der Waals surface area contributed by atoms with Crippen LogP contribution in [0.3, 0.4) is 0 Å². The fraction of sp³-hybridized carbons (Fsp3) is 0.500. The molecule has 162 valence electrons. The van der Waals surface area contributed by atoms with Crippen LogP contribution in [0.2, 0.25) is 10.0 Å². The molecule has 2 aliphatic heterocycles. The Morgan fingerprint density at radius 1 is 0.867 bits per heavy atom. The van der Waals surface area contributed by atoms with Gasteiger partial charge in [0.2, 0.25) is 16.0 Å². The Morgan fingerprint density at radius 3 is 2.27 bits per heavy atom. The maximum absolute atomic E-state index is 13.0. The third-order valence-electron chi connectivity index (χ3n) is 5.54. The van der Waals surface area contributed by atoms with Gasteiger partial charge in [-0.1, -0.05) is 23.2 Å². The Kier molecular flexibility index (Phi) is 6.39. The van der Waals surface area contributed by atoms with E-state index in [2.05, 4.69) is 9.88 Å². The van der Waals surface area contributed by atoms with E-state index >= 15 is 0 Å². The van der Waals surface area contributed by atoms with Gasteiger partial charge in [-0.25, -0.2) is 13.4 Å². The Hall–Kier alpha value is -1.61. The molecule has 1 aromatic carbocycles. The van der Waals surface area contributed by atoms with Crippen LogP contribution < -0.4 is 9.80 Å². The largest absolute Gasteiger partial charge is 0.356 e. The molecule has 4 rings (SSSR count). The molecule has 10 heteroatoms. The molecule has 1 aromatic heterocycles. The smallest absolute Gasteiger partial charge is 0.244 e. The molecule has 0 amide bonds. The van der Waals surface area contributed by atoms with Crippen molar-refractivity contribution in [2.45, 2.75) is 31.1 Å². The minimum absolute atomic E-state index is 0.0457. The van der Waals surface area contributed by atoms with E-state index < -0.39 is 10.0 Å². The lowest BCUT2D eigenvalue weighted by Gasteiger charge is -2.35. The summed E-state index contributed by atoms with van der Waals surface area (Å²) in [6.07, 6.45) is 3.63. The number of benzene rings is 1. The van der Waals surface area contributed by atoms with E-state index in [1.54, 1.807) is 6.07 Å². The van der Waals surface area contributed by atoms with Crippen molar-refractivity contribution in [3.63, 3.8) is 0 Å². The van der Waals surface area contributed by atoms with Gasteiger partial charge in [-0.05, 0) is 44.4 Å². The molecule has 0 atom stereocenters. The summed E-state index contributed by atoms with van der Waals surface area (Å²) in [6, 6.07) is 6.52. The van der Waals surface area contributed by atoms with Crippen LogP contribution in [0.1, 0.15) is 25.0 Å². The molecule has 2 aliphatic rings. The topological polar surface area (TPSA) is 69.6 Å². The molecular formula is C20H25Cl2N5O2S. The molecule has 2 aromatic rings. The van der Waals surface area contributed by atoms with Crippen molar-refractivity contribution >= 4 is 45.0 Å². The highest BCUT2D eigenvalue weighted by atomic mass is 35.5. The first-order valence-electron chi connectivity index (χ1n) is 10.2. The summed E-state index contributed by atoms with van der Waals surface area (Å²) in [5.41, 5.74) is 0.918. The predicted octanol–water partition coefficient (Wildman–Crippen LogP) is 3.59. The van der Waals surface area contributed by atoms with Crippen LogP contribution >= 0.6 is 23.2 Å². The second-order valence-electron chi connectivity index (χ2n) is 7.68. The van der Waals surface area contributed by atoms with Crippen molar-refractivity contribution in [2.24, 2.45) is 0 Å². The van der Waals surface area contributed by atoms with Gasteiger partial charge in [0.05, 0.1) is 5.02 Å². The molecule has 0 spiro atoms. The second kappa shape index (κ2) is 8.86. The van der Waals surface area contributed by atoms with Crippen LogP contribution in [-0.4, -0.2) is 62.0 Å². The third-order valence-corrected chi connectivity index (χ3v) is 8.16. The number of sulfonamides is 1. The van der Waals surface area contributed by atoms with Gasteiger partial charge < -0.3 is 9.80 Å². The van der Waals surface area contributed by atoms with Gasteiger partial charge >= 0.3 is 0 Å². The van der Waals surface area contributed by atoms with E-state index in [-0.39, 0.29) is 9.92 Å². The summed E-state index contributed by atoms with van der Waals surface area (Å²) in [4.78, 5) is 13.8. The van der Waals surface area contributed by atoms with Gasteiger partial charge in [-0.2, -0.15) is 9.29 Å². The first kappa shape index (κ1) is 21.6.